The highest BCUT2D eigenvalue weighted by molar-refractivity contribution is 5.73. The molecule has 100 valence electrons. The predicted molar refractivity (Wildman–Crippen MR) is 70.3 cm³/mol. The first-order chi connectivity index (χ1) is 9.15. The summed E-state index contributed by atoms with van der Waals surface area (Å²) in [5, 5.41) is 0. The number of carbonyl (C=O) groups is 2. The van der Waals surface area contributed by atoms with Crippen molar-refractivity contribution in [2.24, 2.45) is 0 Å². The van der Waals surface area contributed by atoms with Crippen molar-refractivity contribution in [2.45, 2.75) is 19.8 Å². The van der Waals surface area contributed by atoms with Crippen LogP contribution in [0.1, 0.15) is 24.5 Å². The fourth-order valence-corrected chi connectivity index (χ4v) is 1.43. The van der Waals surface area contributed by atoms with Gasteiger partial charge in [0.05, 0.1) is 20.1 Å². The number of esters is 2. The number of carbonyl (C=O) groups excluding carboxylic acids is 2. The molecule has 4 nitrogen and oxygen atoms in total. The molecule has 19 heavy (non-hydrogen) atoms. The Morgan fingerprint density at radius 2 is 2.05 bits per heavy atom. The first kappa shape index (κ1) is 14.8. The van der Waals surface area contributed by atoms with E-state index in [4.69, 9.17) is 4.74 Å². The van der Waals surface area contributed by atoms with Crippen LogP contribution in [0, 0.1) is 11.8 Å². The van der Waals surface area contributed by atoms with Gasteiger partial charge in [-0.15, -0.1) is 0 Å². The van der Waals surface area contributed by atoms with Gasteiger partial charge in [-0.05, 0) is 24.6 Å². The first-order valence-corrected chi connectivity index (χ1v) is 5.96. The lowest BCUT2D eigenvalue weighted by atomic mass is 10.1. The Labute approximate surface area is 112 Å². The Bertz CT molecular complexity index is 508. The smallest absolute Gasteiger partial charge is 0.317 e. The second kappa shape index (κ2) is 7.93. The average molecular weight is 260 g/mol. The summed E-state index contributed by atoms with van der Waals surface area (Å²) < 4.78 is 9.37. The minimum Gasteiger partial charge on any atom is -0.469 e. The first-order valence-electron chi connectivity index (χ1n) is 5.96. The van der Waals surface area contributed by atoms with E-state index in [1.807, 2.05) is 18.2 Å². The zero-order chi connectivity index (χ0) is 14.1. The van der Waals surface area contributed by atoms with Gasteiger partial charge in [-0.1, -0.05) is 24.0 Å². The maximum atomic E-state index is 11.1. The number of hydrogen-bond acceptors (Lipinski definition) is 4. The average Bonchev–Trinajstić information content (AvgIpc) is 2.39. The highest BCUT2D eigenvalue weighted by Crippen LogP contribution is 2.05. The van der Waals surface area contributed by atoms with Crippen LogP contribution in [0.25, 0.3) is 0 Å². The molecule has 0 fully saturated rings. The van der Waals surface area contributed by atoms with Crippen LogP contribution in [0.4, 0.5) is 0 Å². The molecule has 4 heteroatoms. The molecule has 0 spiro atoms. The van der Waals surface area contributed by atoms with E-state index in [0.29, 0.717) is 6.61 Å². The van der Waals surface area contributed by atoms with Crippen molar-refractivity contribution in [3.63, 3.8) is 0 Å². The number of hydrogen-bond donors (Lipinski definition) is 0. The second-order valence-electron chi connectivity index (χ2n) is 3.74. The lowest BCUT2D eigenvalue weighted by Crippen LogP contribution is -2.04. The highest BCUT2D eigenvalue weighted by Gasteiger charge is 2.02. The lowest BCUT2D eigenvalue weighted by molar-refractivity contribution is -0.142. The largest absolute Gasteiger partial charge is 0.469 e. The molecular formula is C15H16O4. The molecule has 0 radical (unpaired) electrons. The van der Waals surface area contributed by atoms with Crippen molar-refractivity contribution in [1.29, 1.82) is 0 Å². The maximum absolute atomic E-state index is 11.1. The second-order valence-corrected chi connectivity index (χ2v) is 3.74. The Balaban J connectivity index is 2.64. The highest BCUT2D eigenvalue weighted by atomic mass is 16.5. The molecule has 0 amide bonds. The third-order valence-corrected chi connectivity index (χ3v) is 2.27. The Morgan fingerprint density at radius 1 is 1.26 bits per heavy atom. The van der Waals surface area contributed by atoms with Crippen molar-refractivity contribution in [1.82, 2.24) is 0 Å². The molecule has 0 aliphatic heterocycles. The van der Waals surface area contributed by atoms with Crippen LogP contribution in [0.3, 0.4) is 0 Å². The molecule has 0 aliphatic rings. The lowest BCUT2D eigenvalue weighted by Gasteiger charge is -2.00. The van der Waals surface area contributed by atoms with Crippen LogP contribution in [-0.2, 0) is 25.5 Å². The Kier molecular flexibility index (Phi) is 6.17. The fourth-order valence-electron chi connectivity index (χ4n) is 1.43. The molecule has 0 aliphatic carbocycles. The van der Waals surface area contributed by atoms with Gasteiger partial charge >= 0.3 is 11.9 Å². The summed E-state index contributed by atoms with van der Waals surface area (Å²) in [6, 6.07) is 7.26. The van der Waals surface area contributed by atoms with Crippen LogP contribution in [0.2, 0.25) is 0 Å². The Hall–Kier alpha value is -2.28. The van der Waals surface area contributed by atoms with E-state index in [2.05, 4.69) is 16.6 Å². The van der Waals surface area contributed by atoms with Gasteiger partial charge in [0, 0.05) is 5.56 Å². The third kappa shape index (κ3) is 5.73. The summed E-state index contributed by atoms with van der Waals surface area (Å²) >= 11 is 0. The van der Waals surface area contributed by atoms with Crippen LogP contribution in [0.5, 0.6) is 0 Å². The molecule has 0 bridgehead atoms. The van der Waals surface area contributed by atoms with Crippen LogP contribution in [0.15, 0.2) is 24.3 Å². The number of methoxy groups -OCH3 is 1. The molecule has 0 saturated heterocycles. The van der Waals surface area contributed by atoms with E-state index < -0.39 is 0 Å². The minimum absolute atomic E-state index is 0.0646. The fraction of sp³-hybridized carbons (Fsp3) is 0.333. The summed E-state index contributed by atoms with van der Waals surface area (Å²) in [5.74, 6) is 4.98. The van der Waals surface area contributed by atoms with E-state index in [-0.39, 0.29) is 24.8 Å². The van der Waals surface area contributed by atoms with E-state index in [1.165, 1.54) is 7.11 Å². The van der Waals surface area contributed by atoms with Crippen LogP contribution >= 0.6 is 0 Å². The Morgan fingerprint density at radius 3 is 2.74 bits per heavy atom. The van der Waals surface area contributed by atoms with Gasteiger partial charge in [0.1, 0.15) is 6.42 Å². The quantitative estimate of drug-likeness (QED) is 0.611. The van der Waals surface area contributed by atoms with Gasteiger partial charge in [-0.2, -0.15) is 0 Å². The van der Waals surface area contributed by atoms with E-state index >= 15 is 0 Å². The van der Waals surface area contributed by atoms with Crippen molar-refractivity contribution in [3.05, 3.63) is 35.4 Å². The van der Waals surface area contributed by atoms with Crippen molar-refractivity contribution in [3.8, 4) is 11.8 Å². The normalized spacial score (nSPS) is 9.16. The summed E-state index contributed by atoms with van der Waals surface area (Å²) in [4.78, 5) is 22.2. The third-order valence-electron chi connectivity index (χ3n) is 2.27. The number of benzene rings is 1. The molecule has 0 heterocycles. The maximum Gasteiger partial charge on any atom is 0.317 e. The molecule has 0 atom stereocenters. The van der Waals surface area contributed by atoms with Gasteiger partial charge in [-0.25, -0.2) is 0 Å². The zero-order valence-corrected chi connectivity index (χ0v) is 11.1. The van der Waals surface area contributed by atoms with E-state index in [0.717, 1.165) is 11.1 Å². The summed E-state index contributed by atoms with van der Waals surface area (Å²) in [6.07, 6.45) is 0.277. The molecule has 0 unspecified atom stereocenters. The molecule has 0 N–H and O–H groups in total. The van der Waals surface area contributed by atoms with Crippen LogP contribution in [-0.4, -0.2) is 25.7 Å². The van der Waals surface area contributed by atoms with Gasteiger partial charge in [0.2, 0.25) is 0 Å². The van der Waals surface area contributed by atoms with Crippen LogP contribution < -0.4 is 0 Å². The molecule has 0 aromatic heterocycles. The van der Waals surface area contributed by atoms with E-state index in [1.54, 1.807) is 13.0 Å². The summed E-state index contributed by atoms with van der Waals surface area (Å²) in [5.41, 5.74) is 1.58. The molecular weight excluding hydrogens is 244 g/mol. The van der Waals surface area contributed by atoms with Gasteiger partial charge in [0.25, 0.3) is 0 Å². The molecule has 0 saturated carbocycles. The standard InChI is InChI=1S/C15H16O4/c1-3-19-14(16)9-5-7-12-6-4-8-13(10-12)11-15(17)18-2/h4,6,8,10H,3,9,11H2,1-2H3. The van der Waals surface area contributed by atoms with Gasteiger partial charge in [0.15, 0.2) is 0 Å². The van der Waals surface area contributed by atoms with Crippen molar-refractivity contribution < 1.29 is 19.1 Å². The van der Waals surface area contributed by atoms with Gasteiger partial charge in [-0.3, -0.25) is 9.59 Å². The predicted octanol–water partition coefficient (Wildman–Crippen LogP) is 1.71. The monoisotopic (exact) mass is 260 g/mol. The topological polar surface area (TPSA) is 52.6 Å². The van der Waals surface area contributed by atoms with Gasteiger partial charge < -0.3 is 9.47 Å². The van der Waals surface area contributed by atoms with Crippen molar-refractivity contribution in [2.75, 3.05) is 13.7 Å². The molecule has 1 aromatic carbocycles. The summed E-state index contributed by atoms with van der Waals surface area (Å²) in [7, 11) is 1.35. The summed E-state index contributed by atoms with van der Waals surface area (Å²) in [6.45, 7) is 2.11. The SMILES string of the molecule is CCOC(=O)CC#Cc1cccc(CC(=O)OC)c1. The molecule has 1 rings (SSSR count). The van der Waals surface area contributed by atoms with Crippen molar-refractivity contribution >= 4 is 11.9 Å². The number of ether oxygens (including phenoxy) is 2. The van der Waals surface area contributed by atoms with E-state index in [9.17, 15) is 9.59 Å². The zero-order valence-electron chi connectivity index (χ0n) is 11.1. The number of rotatable bonds is 4. The minimum atomic E-state index is -0.333. The molecule has 1 aromatic rings.